The second-order valence-corrected chi connectivity index (χ2v) is 6.85. The Hall–Kier alpha value is -4.07. The Kier molecular flexibility index (Phi) is 6.57. The molecule has 1 heterocycles. The van der Waals surface area contributed by atoms with Gasteiger partial charge in [0.25, 0.3) is 0 Å². The molecule has 172 valence electrons. The zero-order valence-corrected chi connectivity index (χ0v) is 17.4. The number of amides is 2. The van der Waals surface area contributed by atoms with Crippen molar-refractivity contribution in [2.45, 2.75) is 26.1 Å². The molecule has 11 heteroatoms. The van der Waals surface area contributed by atoms with Crippen molar-refractivity contribution in [2.24, 2.45) is 0 Å². The lowest BCUT2D eigenvalue weighted by Crippen LogP contribution is -2.47. The normalized spacial score (nSPS) is 16.2. The molecule has 7 nitrogen and oxygen atoms in total. The van der Waals surface area contributed by atoms with Crippen LogP contribution in [-0.2, 0) is 15.7 Å². The van der Waals surface area contributed by atoms with Crippen LogP contribution in [0.1, 0.15) is 36.6 Å². The molecule has 0 fully saturated rings. The highest BCUT2D eigenvalue weighted by molar-refractivity contribution is 5.97. The lowest BCUT2D eigenvalue weighted by molar-refractivity contribution is -0.139. The summed E-state index contributed by atoms with van der Waals surface area (Å²) >= 11 is 0. The van der Waals surface area contributed by atoms with E-state index in [1.54, 1.807) is 6.92 Å². The molecule has 2 aromatic rings. The van der Waals surface area contributed by atoms with Crippen LogP contribution < -0.4 is 10.2 Å². The summed E-state index contributed by atoms with van der Waals surface area (Å²) in [5, 5.41) is 11.5. The van der Waals surface area contributed by atoms with Crippen LogP contribution in [0.25, 0.3) is 0 Å². The van der Waals surface area contributed by atoms with Gasteiger partial charge in [-0.2, -0.15) is 18.4 Å². The third kappa shape index (κ3) is 4.90. The summed E-state index contributed by atoms with van der Waals surface area (Å²) in [7, 11) is 0. The highest BCUT2D eigenvalue weighted by Gasteiger charge is 2.38. The number of hydrogen-bond donors (Lipinski definition) is 1. The first-order chi connectivity index (χ1) is 15.6. The van der Waals surface area contributed by atoms with Crippen LogP contribution in [0.5, 0.6) is 0 Å². The predicted molar refractivity (Wildman–Crippen MR) is 107 cm³/mol. The zero-order chi connectivity index (χ0) is 24.3. The predicted octanol–water partition coefficient (Wildman–Crippen LogP) is 5.39. The number of ether oxygens (including phenoxy) is 2. The monoisotopic (exact) mass is 463 g/mol. The van der Waals surface area contributed by atoms with Crippen LogP contribution in [0.15, 0.2) is 53.9 Å². The summed E-state index contributed by atoms with van der Waals surface area (Å²) in [5.74, 6) is -1.61. The van der Waals surface area contributed by atoms with Gasteiger partial charge in [0.15, 0.2) is 5.76 Å². The van der Waals surface area contributed by atoms with Crippen molar-refractivity contribution < 1.29 is 36.6 Å². The van der Waals surface area contributed by atoms with Gasteiger partial charge >= 0.3 is 18.4 Å². The smallest absolute Gasteiger partial charge is 0.434 e. The van der Waals surface area contributed by atoms with E-state index in [9.17, 15) is 27.2 Å². The maximum Gasteiger partial charge on any atom is 0.513 e. The molecule has 2 aromatic carbocycles. The molecule has 2 amide bonds. The van der Waals surface area contributed by atoms with Crippen molar-refractivity contribution in [1.82, 2.24) is 5.32 Å². The lowest BCUT2D eigenvalue weighted by Gasteiger charge is -2.35. The standard InChI is InChI=1S/C22H17F4N3O4/c1-3-32-21(31)33-19-12(2)29(15-8-9-17(23)16(10-15)22(24,25)26)20(30)28-18(19)14-6-4-13(11-27)5-7-14/h4-10,18H,3H2,1-2H3,(H,28,30). The maximum absolute atomic E-state index is 13.7. The van der Waals surface area contributed by atoms with Crippen molar-refractivity contribution in [3.05, 3.63) is 76.4 Å². The van der Waals surface area contributed by atoms with Crippen molar-refractivity contribution in [3.8, 4) is 6.07 Å². The number of nitrogens with zero attached hydrogens (tertiary/aromatic N) is 2. The number of alkyl halides is 3. The number of nitrogens with one attached hydrogen (secondary N) is 1. The molecule has 0 bridgehead atoms. The summed E-state index contributed by atoms with van der Waals surface area (Å²) in [4.78, 5) is 25.8. The SMILES string of the molecule is CCOC(=O)OC1=C(C)N(c2ccc(F)c(C(F)(F)F)c2)C(=O)NC1c1ccc(C#N)cc1. The zero-order valence-electron chi connectivity index (χ0n) is 17.4. The van der Waals surface area contributed by atoms with Crippen LogP contribution >= 0.6 is 0 Å². The van der Waals surface area contributed by atoms with E-state index >= 15 is 0 Å². The van der Waals surface area contributed by atoms with E-state index in [1.165, 1.54) is 31.2 Å². The van der Waals surface area contributed by atoms with Crippen molar-refractivity contribution in [1.29, 1.82) is 5.26 Å². The molecule has 1 N–H and O–H groups in total. The minimum atomic E-state index is -4.99. The minimum absolute atomic E-state index is 0.00429. The van der Waals surface area contributed by atoms with Gasteiger partial charge in [-0.3, -0.25) is 4.90 Å². The Balaban J connectivity index is 2.12. The second-order valence-electron chi connectivity index (χ2n) is 6.85. The number of anilines is 1. The molecule has 3 rings (SSSR count). The van der Waals surface area contributed by atoms with Gasteiger partial charge < -0.3 is 14.8 Å². The second kappa shape index (κ2) is 9.20. The molecule has 1 aliphatic heterocycles. The summed E-state index contributed by atoms with van der Waals surface area (Å²) in [6.07, 6.45) is -6.07. The Bertz CT molecular complexity index is 1150. The Morgan fingerprint density at radius 1 is 1.21 bits per heavy atom. The first-order valence-electron chi connectivity index (χ1n) is 9.59. The summed E-state index contributed by atoms with van der Waals surface area (Å²) < 4.78 is 63.4. The van der Waals surface area contributed by atoms with Crippen LogP contribution in [0, 0.1) is 17.1 Å². The highest BCUT2D eigenvalue weighted by atomic mass is 19.4. The quantitative estimate of drug-likeness (QED) is 0.485. The Morgan fingerprint density at radius 3 is 2.45 bits per heavy atom. The molecule has 1 atom stereocenters. The third-order valence-electron chi connectivity index (χ3n) is 4.77. The number of nitriles is 1. The topological polar surface area (TPSA) is 91.7 Å². The summed E-state index contributed by atoms with van der Waals surface area (Å²) in [6.45, 7) is 2.91. The highest BCUT2D eigenvalue weighted by Crippen LogP contribution is 2.38. The molecule has 0 aromatic heterocycles. The molecule has 0 spiro atoms. The van der Waals surface area contributed by atoms with Crippen LogP contribution in [-0.4, -0.2) is 18.8 Å². The lowest BCUT2D eigenvalue weighted by atomic mass is 10.00. The number of halogens is 4. The fourth-order valence-electron chi connectivity index (χ4n) is 3.26. The number of carbonyl (C=O) groups excluding carboxylic acids is 2. The van der Waals surface area contributed by atoms with E-state index in [0.29, 0.717) is 23.3 Å². The molecule has 1 unspecified atom stereocenters. The number of benzene rings is 2. The van der Waals surface area contributed by atoms with Gasteiger partial charge in [0, 0.05) is 0 Å². The molecule has 0 saturated heterocycles. The van der Waals surface area contributed by atoms with Crippen LogP contribution in [0.2, 0.25) is 0 Å². The molecule has 0 aliphatic carbocycles. The van der Waals surface area contributed by atoms with Gasteiger partial charge in [0.2, 0.25) is 0 Å². The molecular formula is C22H17F4N3O4. The molecular weight excluding hydrogens is 446 g/mol. The maximum atomic E-state index is 13.7. The van der Waals surface area contributed by atoms with Gasteiger partial charge in [-0.15, -0.1) is 0 Å². The van der Waals surface area contributed by atoms with Gasteiger partial charge in [-0.05, 0) is 49.7 Å². The average Bonchev–Trinajstić information content (AvgIpc) is 2.76. The minimum Gasteiger partial charge on any atom is -0.434 e. The van der Waals surface area contributed by atoms with Gasteiger partial charge in [-0.25, -0.2) is 14.0 Å². The van der Waals surface area contributed by atoms with E-state index in [4.69, 9.17) is 14.7 Å². The fourth-order valence-corrected chi connectivity index (χ4v) is 3.26. The molecule has 0 saturated carbocycles. The molecule has 33 heavy (non-hydrogen) atoms. The van der Waals surface area contributed by atoms with Gasteiger partial charge in [0.05, 0.1) is 35.2 Å². The Morgan fingerprint density at radius 2 is 1.88 bits per heavy atom. The van der Waals surface area contributed by atoms with E-state index in [0.717, 1.165) is 11.0 Å². The van der Waals surface area contributed by atoms with Crippen molar-refractivity contribution in [3.63, 3.8) is 0 Å². The van der Waals surface area contributed by atoms with E-state index in [-0.39, 0.29) is 23.8 Å². The molecule has 0 radical (unpaired) electrons. The van der Waals surface area contributed by atoms with Crippen molar-refractivity contribution >= 4 is 17.9 Å². The fraction of sp³-hybridized carbons (Fsp3) is 0.227. The van der Waals surface area contributed by atoms with E-state index in [2.05, 4.69) is 5.32 Å². The first kappa shape index (κ1) is 23.6. The Labute approximate surface area is 185 Å². The number of allylic oxidation sites excluding steroid dienone is 1. The largest absolute Gasteiger partial charge is 0.513 e. The third-order valence-corrected chi connectivity index (χ3v) is 4.77. The summed E-state index contributed by atoms with van der Waals surface area (Å²) in [5.41, 5.74) is -1.07. The number of carbonyl (C=O) groups is 2. The van der Waals surface area contributed by atoms with E-state index < -0.39 is 35.8 Å². The number of rotatable bonds is 4. The first-order valence-corrected chi connectivity index (χ1v) is 9.59. The van der Waals surface area contributed by atoms with E-state index in [1.807, 2.05) is 6.07 Å². The number of urea groups is 1. The average molecular weight is 463 g/mol. The van der Waals surface area contributed by atoms with Gasteiger partial charge in [0.1, 0.15) is 11.9 Å². The van der Waals surface area contributed by atoms with Gasteiger partial charge in [-0.1, -0.05) is 12.1 Å². The molecule has 1 aliphatic rings. The van der Waals surface area contributed by atoms with Crippen molar-refractivity contribution in [2.75, 3.05) is 11.5 Å². The van der Waals surface area contributed by atoms with Crippen LogP contribution in [0.3, 0.4) is 0 Å². The number of hydrogen-bond acceptors (Lipinski definition) is 5. The van der Waals surface area contributed by atoms with Crippen LogP contribution in [0.4, 0.5) is 32.8 Å². The summed E-state index contributed by atoms with van der Waals surface area (Å²) in [6, 6.07) is 8.22.